The molecule has 1 rings (SSSR count). The summed E-state index contributed by atoms with van der Waals surface area (Å²) in [6, 6.07) is 1.62. The van der Waals surface area contributed by atoms with Crippen molar-refractivity contribution in [1.29, 1.82) is 5.26 Å². The summed E-state index contributed by atoms with van der Waals surface area (Å²) in [5.74, 6) is -0.530. The quantitative estimate of drug-likeness (QED) is 0.671. The van der Waals surface area contributed by atoms with Gasteiger partial charge < -0.3 is 9.84 Å². The minimum absolute atomic E-state index is 0.116. The Bertz CT molecular complexity index is 348. The predicted molar refractivity (Wildman–Crippen MR) is 52.4 cm³/mol. The minimum atomic E-state index is -3.53. The number of aliphatic hydroxyl groups is 1. The van der Waals surface area contributed by atoms with Crippen molar-refractivity contribution in [2.24, 2.45) is 0 Å². The third-order valence-electron chi connectivity index (χ3n) is 2.14. The second-order valence-corrected chi connectivity index (χ2v) is 5.45. The Kier molecular flexibility index (Phi) is 4.04. The van der Waals surface area contributed by atoms with E-state index in [1.165, 1.54) is 4.31 Å². The Morgan fingerprint density at radius 2 is 2.27 bits per heavy atom. The van der Waals surface area contributed by atoms with Crippen LogP contribution < -0.4 is 0 Å². The number of nitrogens with zero attached hydrogens (tertiary/aromatic N) is 2. The summed E-state index contributed by atoms with van der Waals surface area (Å²) < 4.78 is 29.6. The molecular weight excluding hydrogens is 220 g/mol. The Morgan fingerprint density at radius 3 is 2.80 bits per heavy atom. The number of nitriles is 1. The summed E-state index contributed by atoms with van der Waals surface area (Å²) in [4.78, 5) is 0. The largest absolute Gasteiger partial charge is 0.394 e. The Balaban J connectivity index is 2.74. The molecule has 86 valence electrons. The fourth-order valence-corrected chi connectivity index (χ4v) is 2.68. The molecule has 1 aliphatic rings. The van der Waals surface area contributed by atoms with Gasteiger partial charge in [-0.15, -0.1) is 0 Å². The maximum absolute atomic E-state index is 11.6. The zero-order valence-corrected chi connectivity index (χ0v) is 9.27. The lowest BCUT2D eigenvalue weighted by atomic mass is 10.2. The molecule has 0 radical (unpaired) electrons. The van der Waals surface area contributed by atoms with Gasteiger partial charge in [-0.25, -0.2) is 8.42 Å². The van der Waals surface area contributed by atoms with Gasteiger partial charge in [-0.05, 0) is 6.92 Å². The summed E-state index contributed by atoms with van der Waals surface area (Å²) in [5.41, 5.74) is 0. The van der Waals surface area contributed by atoms with Crippen LogP contribution in [0.5, 0.6) is 0 Å². The average Bonchev–Trinajstić information content (AvgIpc) is 2.16. The van der Waals surface area contributed by atoms with Gasteiger partial charge >= 0.3 is 0 Å². The summed E-state index contributed by atoms with van der Waals surface area (Å²) in [5, 5.41) is 17.3. The van der Waals surface area contributed by atoms with E-state index in [0.717, 1.165) is 0 Å². The number of sulfonamides is 1. The van der Waals surface area contributed by atoms with Gasteiger partial charge in [0.25, 0.3) is 0 Å². The molecule has 1 fully saturated rings. The molecule has 7 heteroatoms. The topological polar surface area (TPSA) is 90.6 Å². The first-order valence-electron chi connectivity index (χ1n) is 4.60. The molecule has 2 atom stereocenters. The second kappa shape index (κ2) is 4.90. The molecule has 0 bridgehead atoms. The summed E-state index contributed by atoms with van der Waals surface area (Å²) in [6.45, 7) is 1.87. The predicted octanol–water partition coefficient (Wildman–Crippen LogP) is -1.08. The summed E-state index contributed by atoms with van der Waals surface area (Å²) in [6.07, 6.45) is -0.758. The lowest BCUT2D eigenvalue weighted by Crippen LogP contribution is -2.50. The van der Waals surface area contributed by atoms with E-state index < -0.39 is 21.9 Å². The highest BCUT2D eigenvalue weighted by Gasteiger charge is 2.32. The van der Waals surface area contributed by atoms with Gasteiger partial charge in [0, 0.05) is 13.1 Å². The Morgan fingerprint density at radius 1 is 1.60 bits per heavy atom. The van der Waals surface area contributed by atoms with Crippen LogP contribution in [0, 0.1) is 11.3 Å². The Labute approximate surface area is 89.1 Å². The van der Waals surface area contributed by atoms with Crippen molar-refractivity contribution in [3.05, 3.63) is 0 Å². The van der Waals surface area contributed by atoms with Crippen molar-refractivity contribution in [2.45, 2.75) is 19.1 Å². The number of ether oxygens (including phenoxy) is 1. The van der Waals surface area contributed by atoms with Crippen LogP contribution in [-0.4, -0.2) is 55.5 Å². The molecule has 0 aliphatic carbocycles. The fourth-order valence-electron chi connectivity index (χ4n) is 1.50. The van der Waals surface area contributed by atoms with Crippen LogP contribution in [-0.2, 0) is 14.8 Å². The standard InChI is InChI=1S/C8H14N2O4S/c1-7-4-10(5-8(6-11)14-7)15(12,13)3-2-9/h7-8,11H,3-6H2,1H3. The van der Waals surface area contributed by atoms with E-state index in [4.69, 9.17) is 15.1 Å². The van der Waals surface area contributed by atoms with Crippen LogP contribution in [0.25, 0.3) is 0 Å². The lowest BCUT2D eigenvalue weighted by molar-refractivity contribution is -0.0749. The molecule has 0 aromatic heterocycles. The van der Waals surface area contributed by atoms with Crippen LogP contribution in [0.4, 0.5) is 0 Å². The van der Waals surface area contributed by atoms with Gasteiger partial charge in [-0.3, -0.25) is 0 Å². The van der Waals surface area contributed by atoms with Crippen LogP contribution in [0.15, 0.2) is 0 Å². The summed E-state index contributed by atoms with van der Waals surface area (Å²) >= 11 is 0. The molecular formula is C8H14N2O4S. The first kappa shape index (κ1) is 12.4. The molecule has 0 saturated carbocycles. The molecule has 0 spiro atoms. The maximum atomic E-state index is 11.6. The van der Waals surface area contributed by atoms with E-state index in [1.54, 1.807) is 13.0 Å². The number of aliphatic hydroxyl groups excluding tert-OH is 1. The van der Waals surface area contributed by atoms with Crippen molar-refractivity contribution in [3.8, 4) is 6.07 Å². The zero-order chi connectivity index (χ0) is 11.5. The van der Waals surface area contributed by atoms with Crippen molar-refractivity contribution < 1.29 is 18.3 Å². The average molecular weight is 234 g/mol. The van der Waals surface area contributed by atoms with Gasteiger partial charge in [0.05, 0.1) is 24.9 Å². The third kappa shape index (κ3) is 3.14. The first-order chi connectivity index (χ1) is 6.99. The van der Waals surface area contributed by atoms with Gasteiger partial charge in [-0.2, -0.15) is 9.57 Å². The van der Waals surface area contributed by atoms with Gasteiger partial charge in [-0.1, -0.05) is 0 Å². The van der Waals surface area contributed by atoms with E-state index in [0.29, 0.717) is 0 Å². The zero-order valence-electron chi connectivity index (χ0n) is 8.46. The molecule has 0 amide bonds. The normalized spacial score (nSPS) is 28.6. The van der Waals surface area contributed by atoms with Crippen molar-refractivity contribution in [1.82, 2.24) is 4.31 Å². The minimum Gasteiger partial charge on any atom is -0.394 e. The first-order valence-corrected chi connectivity index (χ1v) is 6.21. The van der Waals surface area contributed by atoms with Gasteiger partial charge in [0.15, 0.2) is 5.75 Å². The van der Waals surface area contributed by atoms with Gasteiger partial charge in [0.2, 0.25) is 10.0 Å². The SMILES string of the molecule is CC1CN(S(=O)(=O)CC#N)CC(CO)O1. The highest BCUT2D eigenvalue weighted by molar-refractivity contribution is 7.89. The van der Waals surface area contributed by atoms with E-state index >= 15 is 0 Å². The molecule has 1 aliphatic heterocycles. The second-order valence-electron chi connectivity index (χ2n) is 3.48. The molecule has 2 unspecified atom stereocenters. The highest BCUT2D eigenvalue weighted by Crippen LogP contribution is 2.14. The van der Waals surface area contributed by atoms with Crippen LogP contribution >= 0.6 is 0 Å². The van der Waals surface area contributed by atoms with Crippen LogP contribution in [0.1, 0.15) is 6.92 Å². The maximum Gasteiger partial charge on any atom is 0.227 e. The van der Waals surface area contributed by atoms with E-state index in [1.807, 2.05) is 0 Å². The number of morpholine rings is 1. The summed E-state index contributed by atoms with van der Waals surface area (Å²) in [7, 11) is -3.53. The molecule has 0 aromatic rings. The fraction of sp³-hybridized carbons (Fsp3) is 0.875. The van der Waals surface area contributed by atoms with E-state index in [-0.39, 0.29) is 25.8 Å². The van der Waals surface area contributed by atoms with Gasteiger partial charge in [0.1, 0.15) is 0 Å². The van der Waals surface area contributed by atoms with Crippen molar-refractivity contribution in [3.63, 3.8) is 0 Å². The van der Waals surface area contributed by atoms with Crippen molar-refractivity contribution in [2.75, 3.05) is 25.4 Å². The molecule has 6 nitrogen and oxygen atoms in total. The molecule has 15 heavy (non-hydrogen) atoms. The number of hydrogen-bond donors (Lipinski definition) is 1. The Hall–Kier alpha value is -0.680. The smallest absolute Gasteiger partial charge is 0.227 e. The number of hydrogen-bond acceptors (Lipinski definition) is 5. The van der Waals surface area contributed by atoms with E-state index in [2.05, 4.69) is 0 Å². The number of rotatable bonds is 3. The van der Waals surface area contributed by atoms with Crippen molar-refractivity contribution >= 4 is 10.0 Å². The van der Waals surface area contributed by atoms with Crippen LogP contribution in [0.2, 0.25) is 0 Å². The molecule has 1 N–H and O–H groups in total. The van der Waals surface area contributed by atoms with Crippen LogP contribution in [0.3, 0.4) is 0 Å². The van der Waals surface area contributed by atoms with E-state index in [9.17, 15) is 8.42 Å². The lowest BCUT2D eigenvalue weighted by Gasteiger charge is -2.34. The monoisotopic (exact) mass is 234 g/mol. The molecule has 1 heterocycles. The highest BCUT2D eigenvalue weighted by atomic mass is 32.2. The molecule has 0 aromatic carbocycles. The third-order valence-corrected chi connectivity index (χ3v) is 3.72. The molecule has 1 saturated heterocycles.